The number of aryl methyl sites for hydroxylation is 1. The van der Waals surface area contributed by atoms with Crippen molar-refractivity contribution < 1.29 is 14.3 Å². The summed E-state index contributed by atoms with van der Waals surface area (Å²) in [6.07, 6.45) is 3.68. The Kier molecular flexibility index (Phi) is 5.60. The van der Waals surface area contributed by atoms with Crippen molar-refractivity contribution in [2.75, 3.05) is 7.11 Å². The number of rotatable bonds is 6. The molecular weight excluding hydrogens is 414 g/mol. The molecule has 6 heteroatoms. The summed E-state index contributed by atoms with van der Waals surface area (Å²) >= 11 is 0. The highest BCUT2D eigenvalue weighted by molar-refractivity contribution is 6.01. The number of H-pyrrole nitrogens is 1. The summed E-state index contributed by atoms with van der Waals surface area (Å²) in [5, 5.41) is 4.47. The van der Waals surface area contributed by atoms with E-state index in [1.54, 1.807) is 12.0 Å². The van der Waals surface area contributed by atoms with E-state index in [-0.39, 0.29) is 23.8 Å². The number of methoxy groups -OCH3 is 1. The van der Waals surface area contributed by atoms with Gasteiger partial charge in [-0.25, -0.2) is 0 Å². The molecule has 6 nitrogen and oxygen atoms in total. The van der Waals surface area contributed by atoms with Crippen LogP contribution in [0.25, 0.3) is 10.9 Å². The fourth-order valence-electron chi connectivity index (χ4n) is 5.40. The highest BCUT2D eigenvalue weighted by Crippen LogP contribution is 2.37. The lowest BCUT2D eigenvalue weighted by atomic mass is 9.90. The first kappa shape index (κ1) is 21.6. The number of benzene rings is 2. The van der Waals surface area contributed by atoms with Gasteiger partial charge in [0.25, 0.3) is 5.91 Å². The van der Waals surface area contributed by atoms with Gasteiger partial charge in [0, 0.05) is 28.7 Å². The zero-order chi connectivity index (χ0) is 23.1. The van der Waals surface area contributed by atoms with Crippen LogP contribution in [0.15, 0.2) is 42.5 Å². The van der Waals surface area contributed by atoms with Gasteiger partial charge in [-0.2, -0.15) is 0 Å². The predicted octanol–water partition coefficient (Wildman–Crippen LogP) is 4.74. The topological polar surface area (TPSA) is 74.4 Å². The molecule has 0 bridgehead atoms. The van der Waals surface area contributed by atoms with E-state index < -0.39 is 6.04 Å². The zero-order valence-corrected chi connectivity index (χ0v) is 19.5. The quantitative estimate of drug-likeness (QED) is 0.575. The number of hydrogen-bond donors (Lipinski definition) is 2. The molecule has 1 aromatic heterocycles. The molecule has 0 radical (unpaired) electrons. The molecule has 0 spiro atoms. The second kappa shape index (κ2) is 8.58. The maximum atomic E-state index is 13.7. The van der Waals surface area contributed by atoms with Crippen molar-refractivity contribution in [3.05, 3.63) is 64.8 Å². The Labute approximate surface area is 194 Å². The first-order chi connectivity index (χ1) is 16.0. The van der Waals surface area contributed by atoms with Crippen molar-refractivity contribution in [2.45, 2.75) is 58.2 Å². The fourth-order valence-corrected chi connectivity index (χ4v) is 5.40. The Morgan fingerprint density at radius 2 is 2.09 bits per heavy atom. The van der Waals surface area contributed by atoms with Gasteiger partial charge in [0.05, 0.1) is 13.2 Å². The Balaban J connectivity index is 1.43. The second-order valence-electron chi connectivity index (χ2n) is 9.30. The van der Waals surface area contributed by atoms with Crippen LogP contribution in [0.3, 0.4) is 0 Å². The van der Waals surface area contributed by atoms with Crippen LogP contribution < -0.4 is 10.1 Å². The van der Waals surface area contributed by atoms with E-state index in [9.17, 15) is 9.59 Å². The van der Waals surface area contributed by atoms with E-state index in [0.29, 0.717) is 12.1 Å². The zero-order valence-electron chi connectivity index (χ0n) is 19.5. The molecule has 2 aromatic carbocycles. The van der Waals surface area contributed by atoms with Crippen LogP contribution in [-0.4, -0.2) is 34.8 Å². The SMILES string of the molecule is CC[C@H](C)[C@@H](C(=O)N[C@@H]1CCCc2c1[nH]c1ccc(OC)cc21)N1Cc2ccccc2C1=O. The number of hydrogen-bond acceptors (Lipinski definition) is 3. The van der Waals surface area contributed by atoms with Crippen LogP contribution in [0.2, 0.25) is 0 Å². The van der Waals surface area contributed by atoms with Gasteiger partial charge in [-0.05, 0) is 60.6 Å². The maximum Gasteiger partial charge on any atom is 0.255 e. The average molecular weight is 446 g/mol. The van der Waals surface area contributed by atoms with Crippen LogP contribution in [0.1, 0.15) is 66.3 Å². The number of ether oxygens (including phenoxy) is 1. The van der Waals surface area contributed by atoms with Gasteiger partial charge in [-0.3, -0.25) is 9.59 Å². The van der Waals surface area contributed by atoms with Gasteiger partial charge in [-0.15, -0.1) is 0 Å². The molecular formula is C27H31N3O3. The van der Waals surface area contributed by atoms with Crippen LogP contribution >= 0.6 is 0 Å². The minimum absolute atomic E-state index is 0.0481. The smallest absolute Gasteiger partial charge is 0.255 e. The fraction of sp³-hybridized carbons (Fsp3) is 0.407. The molecule has 3 aromatic rings. The summed E-state index contributed by atoms with van der Waals surface area (Å²) in [5.41, 5.74) is 5.10. The third-order valence-corrected chi connectivity index (χ3v) is 7.37. The summed E-state index contributed by atoms with van der Waals surface area (Å²) in [6.45, 7) is 4.62. The third kappa shape index (κ3) is 3.67. The first-order valence-electron chi connectivity index (χ1n) is 11.9. The lowest BCUT2D eigenvalue weighted by molar-refractivity contribution is -0.128. The molecule has 0 saturated carbocycles. The highest BCUT2D eigenvalue weighted by Gasteiger charge is 2.40. The van der Waals surface area contributed by atoms with Crippen molar-refractivity contribution in [2.24, 2.45) is 5.92 Å². The summed E-state index contributed by atoms with van der Waals surface area (Å²) in [7, 11) is 1.68. The lowest BCUT2D eigenvalue weighted by Gasteiger charge is -2.33. The van der Waals surface area contributed by atoms with Crippen LogP contribution in [0, 0.1) is 5.92 Å². The summed E-state index contributed by atoms with van der Waals surface area (Å²) in [6, 6.07) is 13.1. The molecule has 172 valence electrons. The molecule has 5 rings (SSSR count). The summed E-state index contributed by atoms with van der Waals surface area (Å²) in [5.74, 6) is 0.769. The van der Waals surface area contributed by atoms with E-state index in [4.69, 9.17) is 4.74 Å². The van der Waals surface area contributed by atoms with Gasteiger partial charge >= 0.3 is 0 Å². The number of carbonyl (C=O) groups excluding carboxylic acids is 2. The minimum Gasteiger partial charge on any atom is -0.497 e. The molecule has 2 aliphatic rings. The molecule has 0 unspecified atom stereocenters. The van der Waals surface area contributed by atoms with Crippen molar-refractivity contribution in [1.82, 2.24) is 15.2 Å². The van der Waals surface area contributed by atoms with Crippen LogP contribution in [0.5, 0.6) is 5.75 Å². The number of amides is 2. The van der Waals surface area contributed by atoms with Gasteiger partial charge in [-0.1, -0.05) is 38.5 Å². The van der Waals surface area contributed by atoms with Crippen molar-refractivity contribution >= 4 is 22.7 Å². The normalized spacial score (nSPS) is 19.2. The van der Waals surface area contributed by atoms with Crippen molar-refractivity contribution in [1.29, 1.82) is 0 Å². The molecule has 2 N–H and O–H groups in total. The molecule has 0 saturated heterocycles. The van der Waals surface area contributed by atoms with Gasteiger partial charge < -0.3 is 19.9 Å². The average Bonchev–Trinajstić information content (AvgIpc) is 3.37. The molecule has 2 heterocycles. The van der Waals surface area contributed by atoms with Crippen LogP contribution in [0.4, 0.5) is 0 Å². The summed E-state index contributed by atoms with van der Waals surface area (Å²) in [4.78, 5) is 32.1. The second-order valence-corrected chi connectivity index (χ2v) is 9.30. The number of carbonyl (C=O) groups is 2. The minimum atomic E-state index is -0.496. The predicted molar refractivity (Wildman–Crippen MR) is 128 cm³/mol. The number of fused-ring (bicyclic) bond motifs is 4. The van der Waals surface area contributed by atoms with E-state index in [2.05, 4.69) is 30.2 Å². The molecule has 2 amide bonds. The Morgan fingerprint density at radius 3 is 2.85 bits per heavy atom. The molecule has 0 fully saturated rings. The Bertz CT molecular complexity index is 1210. The van der Waals surface area contributed by atoms with E-state index in [1.807, 2.05) is 36.4 Å². The maximum absolute atomic E-state index is 13.7. The molecule has 3 atom stereocenters. The van der Waals surface area contributed by atoms with E-state index in [0.717, 1.165) is 53.6 Å². The summed E-state index contributed by atoms with van der Waals surface area (Å²) < 4.78 is 5.42. The lowest BCUT2D eigenvalue weighted by Crippen LogP contribution is -2.51. The van der Waals surface area contributed by atoms with Gasteiger partial charge in [0.1, 0.15) is 11.8 Å². The van der Waals surface area contributed by atoms with E-state index >= 15 is 0 Å². The highest BCUT2D eigenvalue weighted by atomic mass is 16.5. The molecule has 1 aliphatic carbocycles. The first-order valence-corrected chi connectivity index (χ1v) is 11.9. The standard InChI is InChI=1S/C27H31N3O3/c1-4-16(2)25(30-15-17-8-5-6-9-19(17)27(30)32)26(31)29-23-11-7-10-20-21-14-18(33-3)12-13-22(21)28-24(20)23/h5-6,8-9,12-14,16,23,25,28H,4,7,10-11,15H2,1-3H3,(H,29,31)/t16-,23+,25-/m0/s1. The number of aromatic amines is 1. The largest absolute Gasteiger partial charge is 0.497 e. The van der Waals surface area contributed by atoms with Crippen molar-refractivity contribution in [3.63, 3.8) is 0 Å². The Hall–Kier alpha value is -3.28. The van der Waals surface area contributed by atoms with Gasteiger partial charge in [0.2, 0.25) is 5.91 Å². The van der Waals surface area contributed by atoms with Crippen molar-refractivity contribution in [3.8, 4) is 5.75 Å². The monoisotopic (exact) mass is 445 g/mol. The number of aromatic nitrogens is 1. The number of nitrogens with zero attached hydrogens (tertiary/aromatic N) is 1. The molecule has 1 aliphatic heterocycles. The third-order valence-electron chi connectivity index (χ3n) is 7.37. The van der Waals surface area contributed by atoms with E-state index in [1.165, 1.54) is 5.56 Å². The van der Waals surface area contributed by atoms with Gasteiger partial charge in [0.15, 0.2) is 0 Å². The molecule has 33 heavy (non-hydrogen) atoms. The Morgan fingerprint density at radius 1 is 1.27 bits per heavy atom. The number of nitrogens with one attached hydrogen (secondary N) is 2. The van der Waals surface area contributed by atoms with Crippen LogP contribution in [-0.2, 0) is 17.8 Å².